The Balaban J connectivity index is 0.000000312. The molecule has 0 spiro atoms. The molecule has 1 fully saturated rings. The molecule has 1 aromatic carbocycles. The van der Waals surface area contributed by atoms with Crippen LogP contribution in [0.25, 0.3) is 0 Å². The third-order valence-corrected chi connectivity index (χ3v) is 6.74. The van der Waals surface area contributed by atoms with Crippen molar-refractivity contribution in [2.75, 3.05) is 46.9 Å². The first-order chi connectivity index (χ1) is 17.8. The van der Waals surface area contributed by atoms with Crippen LogP contribution in [0.4, 0.5) is 0 Å². The van der Waals surface area contributed by atoms with Crippen molar-refractivity contribution in [2.45, 2.75) is 73.8 Å². The molecule has 2 aliphatic rings. The Hall–Kier alpha value is -2.09. The predicted octanol–water partition coefficient (Wildman–Crippen LogP) is 6.12. The highest BCUT2D eigenvalue weighted by atomic mass is 16.7. The number of esters is 1. The Labute approximate surface area is 223 Å². The minimum Gasteiger partial charge on any atom is -0.469 e. The van der Waals surface area contributed by atoms with Gasteiger partial charge in [0, 0.05) is 6.61 Å². The molecule has 0 N–H and O–H groups in total. The first kappa shape index (κ1) is 31.1. The van der Waals surface area contributed by atoms with Gasteiger partial charge in [0.25, 0.3) is 0 Å². The van der Waals surface area contributed by atoms with E-state index in [4.69, 9.17) is 28.4 Å². The molecular weight excluding hydrogens is 472 g/mol. The number of aryl methyl sites for hydroxylation is 1. The van der Waals surface area contributed by atoms with Crippen molar-refractivity contribution >= 4 is 5.97 Å². The number of benzene rings is 1. The summed E-state index contributed by atoms with van der Waals surface area (Å²) >= 11 is 0. The third kappa shape index (κ3) is 9.95. The molecule has 1 aliphatic heterocycles. The van der Waals surface area contributed by atoms with Crippen LogP contribution in [0.2, 0.25) is 0 Å². The van der Waals surface area contributed by atoms with E-state index in [1.807, 2.05) is 6.07 Å². The van der Waals surface area contributed by atoms with Crippen LogP contribution in [0.3, 0.4) is 0 Å². The van der Waals surface area contributed by atoms with E-state index in [-0.39, 0.29) is 17.3 Å². The lowest BCUT2D eigenvalue weighted by molar-refractivity contribution is -0.143. The molecule has 1 aliphatic carbocycles. The van der Waals surface area contributed by atoms with Crippen LogP contribution in [0.1, 0.15) is 71.9 Å². The lowest BCUT2D eigenvalue weighted by Crippen LogP contribution is -2.10. The second kappa shape index (κ2) is 16.0. The summed E-state index contributed by atoms with van der Waals surface area (Å²) in [6.07, 6.45) is 6.55. The van der Waals surface area contributed by atoms with Crippen molar-refractivity contribution in [3.05, 3.63) is 34.9 Å². The van der Waals surface area contributed by atoms with Crippen LogP contribution >= 0.6 is 0 Å². The van der Waals surface area contributed by atoms with Gasteiger partial charge in [0.2, 0.25) is 6.79 Å². The van der Waals surface area contributed by atoms with Crippen LogP contribution in [0.5, 0.6) is 11.5 Å². The largest absolute Gasteiger partial charge is 0.469 e. The molecule has 0 saturated heterocycles. The fourth-order valence-electron chi connectivity index (χ4n) is 4.46. The first-order valence-corrected chi connectivity index (χ1v) is 13.6. The standard InChI is InChI=1S/C19H30O5.C11H18O2/c1-3-5-7-20-8-9-21-10-11-22-14-17-13-19-18(23-15-24-19)12-16(17)6-4-2;1-7(2)6-8-9(10(12)13-5)11(8,3)4/h12-13H,3-11,14-15H2,1-2H3;6,8-9H,1-5H3. The quantitative estimate of drug-likeness (QED) is 0.157. The van der Waals surface area contributed by atoms with Crippen molar-refractivity contribution in [2.24, 2.45) is 17.3 Å². The van der Waals surface area contributed by atoms with Gasteiger partial charge in [-0.3, -0.25) is 4.79 Å². The smallest absolute Gasteiger partial charge is 0.309 e. The number of hydrogen-bond donors (Lipinski definition) is 0. The van der Waals surface area contributed by atoms with E-state index in [0.29, 0.717) is 45.7 Å². The predicted molar refractivity (Wildman–Crippen MR) is 145 cm³/mol. The minimum absolute atomic E-state index is 0.0624. The SMILES string of the molecule is CCCCOCCOCCOCc1cc2c(cc1CCC)OCO2.COC(=O)C1C(C=C(C)C)C1(C)C. The van der Waals surface area contributed by atoms with E-state index in [1.54, 1.807) is 0 Å². The van der Waals surface area contributed by atoms with Crippen molar-refractivity contribution in [3.63, 3.8) is 0 Å². The van der Waals surface area contributed by atoms with E-state index < -0.39 is 0 Å². The van der Waals surface area contributed by atoms with Crippen molar-refractivity contribution in [1.82, 2.24) is 0 Å². The van der Waals surface area contributed by atoms with Gasteiger partial charge in [-0.1, -0.05) is 52.2 Å². The van der Waals surface area contributed by atoms with Crippen molar-refractivity contribution < 1.29 is 33.2 Å². The Kier molecular flexibility index (Phi) is 13.5. The van der Waals surface area contributed by atoms with E-state index >= 15 is 0 Å². The van der Waals surface area contributed by atoms with E-state index in [0.717, 1.165) is 43.8 Å². The summed E-state index contributed by atoms with van der Waals surface area (Å²) in [6.45, 7) is 16.8. The molecule has 1 aromatic rings. The second-order valence-electron chi connectivity index (χ2n) is 10.4. The summed E-state index contributed by atoms with van der Waals surface area (Å²) in [6, 6.07) is 4.12. The van der Waals surface area contributed by atoms with Gasteiger partial charge in [-0.05, 0) is 61.3 Å². The average Bonchev–Trinajstić information content (AvgIpc) is 3.16. The molecule has 0 bridgehead atoms. The van der Waals surface area contributed by atoms with Crippen LogP contribution in [-0.4, -0.2) is 52.9 Å². The summed E-state index contributed by atoms with van der Waals surface area (Å²) < 4.78 is 32.4. The fourth-order valence-corrected chi connectivity index (χ4v) is 4.46. The number of unbranched alkanes of at least 4 members (excludes halogenated alkanes) is 1. The van der Waals surface area contributed by atoms with Gasteiger partial charge in [-0.2, -0.15) is 0 Å². The summed E-state index contributed by atoms with van der Waals surface area (Å²) in [5, 5.41) is 0. The number of methoxy groups -OCH3 is 1. The topological polar surface area (TPSA) is 72.5 Å². The highest BCUT2D eigenvalue weighted by Gasteiger charge is 2.61. The maximum Gasteiger partial charge on any atom is 0.309 e. The second-order valence-corrected chi connectivity index (χ2v) is 10.4. The molecule has 2 atom stereocenters. The number of carbonyl (C=O) groups is 1. The zero-order valence-corrected chi connectivity index (χ0v) is 24.0. The lowest BCUT2D eigenvalue weighted by atomic mass is 10.0. The molecule has 1 heterocycles. The van der Waals surface area contributed by atoms with Crippen LogP contribution in [0, 0.1) is 17.3 Å². The zero-order valence-electron chi connectivity index (χ0n) is 24.0. The maximum absolute atomic E-state index is 11.3. The van der Waals surface area contributed by atoms with E-state index in [9.17, 15) is 4.79 Å². The molecule has 0 radical (unpaired) electrons. The molecule has 0 amide bonds. The lowest BCUT2D eigenvalue weighted by Gasteiger charge is -2.11. The van der Waals surface area contributed by atoms with Gasteiger partial charge in [0.05, 0.1) is 46.1 Å². The van der Waals surface area contributed by atoms with Crippen LogP contribution in [-0.2, 0) is 36.8 Å². The van der Waals surface area contributed by atoms with Gasteiger partial charge < -0.3 is 28.4 Å². The zero-order chi connectivity index (χ0) is 27.3. The number of carbonyl (C=O) groups excluding carboxylic acids is 1. The van der Waals surface area contributed by atoms with Crippen LogP contribution < -0.4 is 9.47 Å². The van der Waals surface area contributed by atoms with Gasteiger partial charge in [-0.15, -0.1) is 0 Å². The van der Waals surface area contributed by atoms with E-state index in [1.165, 1.54) is 23.8 Å². The minimum atomic E-state index is -0.0764. The number of allylic oxidation sites excluding steroid dienone is 2. The van der Waals surface area contributed by atoms with Gasteiger partial charge in [-0.25, -0.2) is 0 Å². The Morgan fingerprint density at radius 3 is 2.11 bits per heavy atom. The number of ether oxygens (including phenoxy) is 6. The molecular formula is C30H48O7. The van der Waals surface area contributed by atoms with Gasteiger partial charge in [0.15, 0.2) is 11.5 Å². The molecule has 3 rings (SSSR count). The molecule has 7 nitrogen and oxygen atoms in total. The Morgan fingerprint density at radius 2 is 1.54 bits per heavy atom. The molecule has 0 aromatic heterocycles. The van der Waals surface area contributed by atoms with Crippen molar-refractivity contribution in [1.29, 1.82) is 0 Å². The average molecular weight is 521 g/mol. The normalized spacial score (nSPS) is 18.6. The van der Waals surface area contributed by atoms with Crippen molar-refractivity contribution in [3.8, 4) is 11.5 Å². The molecule has 7 heteroatoms. The highest BCUT2D eigenvalue weighted by molar-refractivity contribution is 5.78. The Bertz CT molecular complexity index is 858. The summed E-state index contributed by atoms with van der Waals surface area (Å²) in [7, 11) is 1.45. The number of hydrogen-bond acceptors (Lipinski definition) is 7. The summed E-state index contributed by atoms with van der Waals surface area (Å²) in [5.41, 5.74) is 3.80. The highest BCUT2D eigenvalue weighted by Crippen LogP contribution is 2.59. The van der Waals surface area contributed by atoms with Gasteiger partial charge in [0.1, 0.15) is 0 Å². The third-order valence-electron chi connectivity index (χ3n) is 6.74. The molecule has 2 unspecified atom stereocenters. The number of rotatable bonds is 15. The monoisotopic (exact) mass is 520 g/mol. The summed E-state index contributed by atoms with van der Waals surface area (Å²) in [5.74, 6) is 2.01. The maximum atomic E-state index is 11.3. The fraction of sp³-hybridized carbons (Fsp3) is 0.700. The van der Waals surface area contributed by atoms with Gasteiger partial charge >= 0.3 is 5.97 Å². The summed E-state index contributed by atoms with van der Waals surface area (Å²) in [4.78, 5) is 11.3. The Morgan fingerprint density at radius 1 is 0.946 bits per heavy atom. The van der Waals surface area contributed by atoms with Crippen LogP contribution in [0.15, 0.2) is 23.8 Å². The first-order valence-electron chi connectivity index (χ1n) is 13.6. The molecule has 37 heavy (non-hydrogen) atoms. The number of fused-ring (bicyclic) bond motifs is 1. The molecule has 1 saturated carbocycles. The van der Waals surface area contributed by atoms with E-state index in [2.05, 4.69) is 53.7 Å². The molecule has 210 valence electrons.